The van der Waals surface area contributed by atoms with Crippen LogP contribution in [0, 0.1) is 16.0 Å². The molecular weight excluding hydrogens is 330 g/mol. The highest BCUT2D eigenvalue weighted by molar-refractivity contribution is 6.31. The van der Waals surface area contributed by atoms with Crippen molar-refractivity contribution in [2.24, 2.45) is 5.92 Å². The number of benzene rings is 1. The zero-order valence-electron chi connectivity index (χ0n) is 13.4. The summed E-state index contributed by atoms with van der Waals surface area (Å²) in [6.07, 6.45) is 12.6. The summed E-state index contributed by atoms with van der Waals surface area (Å²) >= 11 is 6.45. The van der Waals surface area contributed by atoms with E-state index in [-0.39, 0.29) is 0 Å². The van der Waals surface area contributed by atoms with Crippen LogP contribution in [-0.4, -0.2) is 19.8 Å². The maximum atomic E-state index is 8.36. The third-order valence-electron chi connectivity index (χ3n) is 4.49. The van der Waals surface area contributed by atoms with Crippen LogP contribution < -0.4 is 0 Å². The van der Waals surface area contributed by atoms with Crippen LogP contribution in [-0.2, 0) is 6.54 Å². The Morgan fingerprint density at radius 2 is 2.00 bits per heavy atom. The molecule has 0 bridgehead atoms. The van der Waals surface area contributed by atoms with Crippen molar-refractivity contribution < 1.29 is 10.3 Å². The Morgan fingerprint density at radius 1 is 1.33 bits per heavy atom. The fraction of sp³-hybridized carbons (Fsp3) is 0.471. The predicted octanol–water partition coefficient (Wildman–Crippen LogP) is 4.55. The molecule has 1 fully saturated rings. The minimum absolute atomic E-state index is 0.498. The summed E-state index contributed by atoms with van der Waals surface area (Å²) in [5.74, 6) is 1.24. The quantitative estimate of drug-likeness (QED) is 0.647. The maximum Gasteiger partial charge on any atom is 0.291 e. The molecule has 7 heteroatoms. The van der Waals surface area contributed by atoms with Crippen LogP contribution in [0.3, 0.4) is 0 Å². The minimum Gasteiger partial charge on any atom is -0.337 e. The van der Waals surface area contributed by atoms with E-state index in [0.29, 0.717) is 5.92 Å². The van der Waals surface area contributed by atoms with Crippen LogP contribution in [0.25, 0.3) is 0 Å². The molecule has 1 atom stereocenters. The zero-order valence-corrected chi connectivity index (χ0v) is 14.2. The van der Waals surface area contributed by atoms with Gasteiger partial charge in [0.15, 0.2) is 0 Å². The molecule has 6 nitrogen and oxygen atoms in total. The van der Waals surface area contributed by atoms with E-state index in [2.05, 4.69) is 21.7 Å². The van der Waals surface area contributed by atoms with Crippen molar-refractivity contribution in [3.63, 3.8) is 0 Å². The molecular formula is C17H22ClN3O3. The van der Waals surface area contributed by atoms with E-state index in [4.69, 9.17) is 26.9 Å². The van der Waals surface area contributed by atoms with E-state index < -0.39 is 5.09 Å². The van der Waals surface area contributed by atoms with Crippen molar-refractivity contribution in [2.45, 2.75) is 44.6 Å². The summed E-state index contributed by atoms with van der Waals surface area (Å²) in [7, 11) is 0. The van der Waals surface area contributed by atoms with Gasteiger partial charge in [-0.25, -0.2) is 4.98 Å². The molecule has 1 aliphatic carbocycles. The van der Waals surface area contributed by atoms with Crippen molar-refractivity contribution in [3.8, 4) is 0 Å². The Hall–Kier alpha value is -2.08. The Labute approximate surface area is 146 Å². The van der Waals surface area contributed by atoms with Crippen LogP contribution in [0.4, 0.5) is 0 Å². The Kier molecular flexibility index (Phi) is 7.06. The minimum atomic E-state index is -1.50. The van der Waals surface area contributed by atoms with Gasteiger partial charge in [-0.2, -0.15) is 0 Å². The number of hydrogen-bond donors (Lipinski definition) is 1. The van der Waals surface area contributed by atoms with E-state index in [0.717, 1.165) is 17.5 Å². The topological polar surface area (TPSA) is 81.2 Å². The predicted molar refractivity (Wildman–Crippen MR) is 91.8 cm³/mol. The second kappa shape index (κ2) is 9.27. The molecule has 1 aromatic heterocycles. The average Bonchev–Trinajstić information content (AvgIpc) is 3.07. The summed E-state index contributed by atoms with van der Waals surface area (Å²) in [5, 5.41) is 14.5. The van der Waals surface area contributed by atoms with Gasteiger partial charge in [-0.3, -0.25) is 0 Å². The van der Waals surface area contributed by atoms with E-state index in [1.807, 2.05) is 30.9 Å². The lowest BCUT2D eigenvalue weighted by Gasteiger charge is -2.31. The van der Waals surface area contributed by atoms with Gasteiger partial charge in [-0.15, -0.1) is 10.1 Å². The van der Waals surface area contributed by atoms with Crippen molar-refractivity contribution in [2.75, 3.05) is 0 Å². The van der Waals surface area contributed by atoms with Gasteiger partial charge in [0, 0.05) is 29.9 Å². The number of imidazole rings is 1. The van der Waals surface area contributed by atoms with Crippen LogP contribution in [0.5, 0.6) is 0 Å². The van der Waals surface area contributed by atoms with E-state index >= 15 is 0 Å². The first-order valence-electron chi connectivity index (χ1n) is 8.11. The number of hydrogen-bond acceptors (Lipinski definition) is 3. The smallest absolute Gasteiger partial charge is 0.291 e. The van der Waals surface area contributed by atoms with Crippen LogP contribution in [0.2, 0.25) is 5.02 Å². The second-order valence-corrected chi connectivity index (χ2v) is 6.43. The van der Waals surface area contributed by atoms with Crippen molar-refractivity contribution >= 4 is 11.6 Å². The SMILES string of the molecule is Clc1ccccc1C(Cn1ccnc1)C1CCCCC1.O=[N+]([O-])O. The monoisotopic (exact) mass is 351 g/mol. The fourth-order valence-corrected chi connectivity index (χ4v) is 3.71. The standard InChI is InChI=1S/C17H21ClN2.HNO3/c18-17-9-5-4-8-15(17)16(12-20-11-10-19-13-20)14-6-2-1-3-7-14;2-1(3)4/h4-5,8-11,13-14,16H,1-3,6-7,12H2;(H,2,3,4). The van der Waals surface area contributed by atoms with Gasteiger partial charge in [0.2, 0.25) is 0 Å². The molecule has 2 aromatic rings. The third kappa shape index (κ3) is 5.53. The van der Waals surface area contributed by atoms with Gasteiger partial charge in [0.25, 0.3) is 5.09 Å². The third-order valence-corrected chi connectivity index (χ3v) is 4.83. The Morgan fingerprint density at radius 3 is 2.58 bits per heavy atom. The van der Waals surface area contributed by atoms with E-state index in [1.54, 1.807) is 0 Å². The van der Waals surface area contributed by atoms with Gasteiger partial charge >= 0.3 is 0 Å². The van der Waals surface area contributed by atoms with Gasteiger partial charge in [-0.05, 0) is 30.4 Å². The van der Waals surface area contributed by atoms with Gasteiger partial charge in [-0.1, -0.05) is 49.1 Å². The first kappa shape index (κ1) is 18.3. The molecule has 1 unspecified atom stereocenters. The van der Waals surface area contributed by atoms with Crippen LogP contribution in [0.15, 0.2) is 43.0 Å². The molecule has 0 radical (unpaired) electrons. The van der Waals surface area contributed by atoms with E-state index in [9.17, 15) is 0 Å². The number of nitrogens with zero attached hydrogens (tertiary/aromatic N) is 3. The second-order valence-electron chi connectivity index (χ2n) is 6.02. The molecule has 0 amide bonds. The lowest BCUT2D eigenvalue weighted by molar-refractivity contribution is -0.742. The van der Waals surface area contributed by atoms with Crippen molar-refractivity contribution in [1.29, 1.82) is 0 Å². The first-order valence-corrected chi connectivity index (χ1v) is 8.49. The molecule has 1 heterocycles. The normalized spacial score (nSPS) is 16.0. The molecule has 1 saturated carbocycles. The highest BCUT2D eigenvalue weighted by atomic mass is 35.5. The molecule has 0 saturated heterocycles. The maximum absolute atomic E-state index is 8.36. The van der Waals surface area contributed by atoms with Crippen LogP contribution in [0.1, 0.15) is 43.6 Å². The summed E-state index contributed by atoms with van der Waals surface area (Å²) in [6, 6.07) is 8.32. The zero-order chi connectivity index (χ0) is 17.4. The fourth-order valence-electron chi connectivity index (χ4n) is 3.44. The van der Waals surface area contributed by atoms with Crippen molar-refractivity contribution in [3.05, 3.63) is 63.7 Å². The highest BCUT2D eigenvalue weighted by Crippen LogP contribution is 2.39. The molecule has 24 heavy (non-hydrogen) atoms. The molecule has 3 rings (SSSR count). The number of rotatable bonds is 4. The summed E-state index contributed by atoms with van der Waals surface area (Å²) in [6.45, 7) is 0.981. The van der Waals surface area contributed by atoms with Crippen LogP contribution >= 0.6 is 11.6 Å². The summed E-state index contributed by atoms with van der Waals surface area (Å²) < 4.78 is 2.18. The molecule has 1 N–H and O–H groups in total. The summed E-state index contributed by atoms with van der Waals surface area (Å²) in [4.78, 5) is 12.5. The number of halogens is 1. The van der Waals surface area contributed by atoms with E-state index in [1.165, 1.54) is 37.7 Å². The number of aromatic nitrogens is 2. The Bertz CT molecular complexity index is 624. The molecule has 1 aliphatic rings. The van der Waals surface area contributed by atoms with Crippen molar-refractivity contribution in [1.82, 2.24) is 9.55 Å². The largest absolute Gasteiger partial charge is 0.337 e. The molecule has 130 valence electrons. The first-order chi connectivity index (χ1) is 11.6. The van der Waals surface area contributed by atoms with Gasteiger partial charge in [0.1, 0.15) is 0 Å². The summed E-state index contributed by atoms with van der Waals surface area (Å²) in [5.41, 5.74) is 1.30. The van der Waals surface area contributed by atoms with Gasteiger partial charge in [0.05, 0.1) is 6.33 Å². The molecule has 0 spiro atoms. The average molecular weight is 352 g/mol. The molecule has 0 aliphatic heterocycles. The lowest BCUT2D eigenvalue weighted by atomic mass is 9.76. The Balaban J connectivity index is 0.000000471. The molecule has 1 aromatic carbocycles. The van der Waals surface area contributed by atoms with Gasteiger partial charge < -0.3 is 9.77 Å². The highest BCUT2D eigenvalue weighted by Gasteiger charge is 2.26. The lowest BCUT2D eigenvalue weighted by Crippen LogP contribution is -2.21.